The fourth-order valence-corrected chi connectivity index (χ4v) is 1.69. The minimum Gasteiger partial charge on any atom is -0.550 e. The summed E-state index contributed by atoms with van der Waals surface area (Å²) in [5.41, 5.74) is 0.663. The maximum absolute atomic E-state index is 10.4. The Balaban J connectivity index is 1.82. The number of rotatable bonds is 6. The van der Waals surface area contributed by atoms with Gasteiger partial charge in [-0.2, -0.15) is 0 Å². The van der Waals surface area contributed by atoms with E-state index in [9.17, 15) is 9.90 Å². The minimum atomic E-state index is -1.11. The lowest BCUT2D eigenvalue weighted by atomic mass is 10.1. The van der Waals surface area contributed by atoms with Crippen LogP contribution in [0.2, 0.25) is 5.02 Å². The van der Waals surface area contributed by atoms with E-state index in [4.69, 9.17) is 21.1 Å². The lowest BCUT2D eigenvalue weighted by molar-refractivity contribution is -0.304. The second-order valence-electron chi connectivity index (χ2n) is 4.05. The summed E-state index contributed by atoms with van der Waals surface area (Å²) >= 11 is 5.76. The van der Waals surface area contributed by atoms with E-state index in [0.29, 0.717) is 22.1 Å². The molecule has 0 unspecified atom stereocenters. The van der Waals surface area contributed by atoms with Crippen molar-refractivity contribution in [2.75, 3.05) is 6.79 Å². The molecule has 0 fully saturated rings. The van der Waals surface area contributed by atoms with Crippen LogP contribution in [-0.2, 0) is 11.2 Å². The van der Waals surface area contributed by atoms with Gasteiger partial charge in [0.05, 0.1) is 0 Å². The number of hydrogen-bond donors (Lipinski definition) is 0. The molecule has 2 rings (SSSR count). The Labute approximate surface area is 121 Å². The van der Waals surface area contributed by atoms with Crippen LogP contribution < -0.4 is 14.6 Å². The van der Waals surface area contributed by atoms with E-state index in [-0.39, 0.29) is 13.2 Å². The highest BCUT2D eigenvalue weighted by molar-refractivity contribution is 6.30. The maximum atomic E-state index is 10.4. The molecule has 0 saturated heterocycles. The molecule has 4 nitrogen and oxygen atoms in total. The maximum Gasteiger partial charge on any atom is 0.230 e. The zero-order valence-corrected chi connectivity index (χ0v) is 11.3. The highest BCUT2D eigenvalue weighted by atomic mass is 35.5. The van der Waals surface area contributed by atoms with Gasteiger partial charge in [0.15, 0.2) is 0 Å². The van der Waals surface area contributed by atoms with Crippen molar-refractivity contribution >= 4 is 17.6 Å². The molecule has 0 aliphatic heterocycles. The second kappa shape index (κ2) is 6.82. The Morgan fingerprint density at radius 2 is 1.45 bits per heavy atom. The van der Waals surface area contributed by atoms with Gasteiger partial charge in [-0.05, 0) is 42.0 Å². The number of ether oxygens (including phenoxy) is 2. The van der Waals surface area contributed by atoms with E-state index in [1.54, 1.807) is 48.5 Å². The van der Waals surface area contributed by atoms with Gasteiger partial charge < -0.3 is 19.4 Å². The Morgan fingerprint density at radius 1 is 0.950 bits per heavy atom. The fraction of sp³-hybridized carbons (Fsp3) is 0.133. The van der Waals surface area contributed by atoms with Gasteiger partial charge in [0.2, 0.25) is 6.79 Å². The Hall–Kier alpha value is -2.20. The lowest BCUT2D eigenvalue weighted by Gasteiger charge is -2.09. The van der Waals surface area contributed by atoms with Crippen molar-refractivity contribution < 1.29 is 19.4 Å². The third kappa shape index (κ3) is 4.48. The first kappa shape index (κ1) is 14.2. The molecular formula is C15H12ClO4-. The number of carbonyl (C=O) groups excluding carboxylic acids is 1. The molecule has 2 aromatic carbocycles. The molecule has 0 aromatic heterocycles. The summed E-state index contributed by atoms with van der Waals surface area (Å²) in [4.78, 5) is 10.4. The monoisotopic (exact) mass is 291 g/mol. The fourth-order valence-electron chi connectivity index (χ4n) is 1.57. The van der Waals surface area contributed by atoms with Crippen LogP contribution in [-0.4, -0.2) is 12.8 Å². The van der Waals surface area contributed by atoms with E-state index in [0.717, 1.165) is 0 Å². The summed E-state index contributed by atoms with van der Waals surface area (Å²) in [6.07, 6.45) is -0.110. The summed E-state index contributed by atoms with van der Waals surface area (Å²) in [7, 11) is 0. The summed E-state index contributed by atoms with van der Waals surface area (Å²) in [5.74, 6) is 0.147. The van der Waals surface area contributed by atoms with Crippen molar-refractivity contribution in [2.24, 2.45) is 0 Å². The Morgan fingerprint density at radius 3 is 1.95 bits per heavy atom. The smallest absolute Gasteiger partial charge is 0.230 e. The Kier molecular flexibility index (Phi) is 4.85. The van der Waals surface area contributed by atoms with Crippen molar-refractivity contribution in [1.82, 2.24) is 0 Å². The average molecular weight is 292 g/mol. The van der Waals surface area contributed by atoms with Crippen LogP contribution in [0.15, 0.2) is 48.5 Å². The van der Waals surface area contributed by atoms with E-state index in [1.807, 2.05) is 0 Å². The van der Waals surface area contributed by atoms with Gasteiger partial charge in [-0.15, -0.1) is 0 Å². The molecule has 0 N–H and O–H groups in total. The van der Waals surface area contributed by atoms with E-state index < -0.39 is 5.97 Å². The molecule has 0 bridgehead atoms. The molecule has 0 aliphatic carbocycles. The van der Waals surface area contributed by atoms with Crippen molar-refractivity contribution in [1.29, 1.82) is 0 Å². The van der Waals surface area contributed by atoms with Crippen molar-refractivity contribution in [3.05, 3.63) is 59.1 Å². The predicted molar refractivity (Wildman–Crippen MR) is 72.7 cm³/mol. The first-order valence-corrected chi connectivity index (χ1v) is 6.31. The Bertz CT molecular complexity index is 563. The molecule has 0 aliphatic rings. The average Bonchev–Trinajstić information content (AvgIpc) is 2.42. The molecule has 0 saturated carbocycles. The van der Waals surface area contributed by atoms with Crippen LogP contribution in [0.25, 0.3) is 0 Å². The molecule has 2 aromatic rings. The topological polar surface area (TPSA) is 58.6 Å². The standard InChI is InChI=1S/C15H13ClO4/c16-12-3-7-14(8-4-12)20-10-19-13-5-1-11(2-6-13)9-15(17)18/h1-8H,9-10H2,(H,17,18)/p-1. The van der Waals surface area contributed by atoms with E-state index in [1.165, 1.54) is 0 Å². The molecule has 0 spiro atoms. The largest absolute Gasteiger partial charge is 0.550 e. The van der Waals surface area contributed by atoms with Gasteiger partial charge in [0, 0.05) is 17.4 Å². The van der Waals surface area contributed by atoms with Crippen LogP contribution in [0.4, 0.5) is 0 Å². The summed E-state index contributed by atoms with van der Waals surface area (Å²) < 4.78 is 10.8. The highest BCUT2D eigenvalue weighted by Gasteiger charge is 1.98. The number of carbonyl (C=O) groups is 1. The number of carboxylic acids is 1. The SMILES string of the molecule is O=C([O-])Cc1ccc(OCOc2ccc(Cl)cc2)cc1. The van der Waals surface area contributed by atoms with Crippen LogP contribution >= 0.6 is 11.6 Å². The van der Waals surface area contributed by atoms with Crippen LogP contribution in [0.3, 0.4) is 0 Å². The summed E-state index contributed by atoms with van der Waals surface area (Å²) in [6.45, 7) is 0.0570. The number of benzene rings is 2. The van der Waals surface area contributed by atoms with Gasteiger partial charge in [0.25, 0.3) is 0 Å². The number of halogens is 1. The van der Waals surface area contributed by atoms with Gasteiger partial charge >= 0.3 is 0 Å². The molecule has 0 heterocycles. The predicted octanol–water partition coefficient (Wildman–Crippen LogP) is 2.05. The van der Waals surface area contributed by atoms with Crippen LogP contribution in [0.5, 0.6) is 11.5 Å². The van der Waals surface area contributed by atoms with Crippen molar-refractivity contribution in [3.63, 3.8) is 0 Å². The molecule has 0 radical (unpaired) electrons. The van der Waals surface area contributed by atoms with Crippen molar-refractivity contribution in [2.45, 2.75) is 6.42 Å². The number of carboxylic acid groups (broad SMARTS) is 1. The zero-order valence-electron chi connectivity index (χ0n) is 10.5. The van der Waals surface area contributed by atoms with Gasteiger partial charge in [-0.25, -0.2) is 0 Å². The zero-order chi connectivity index (χ0) is 14.4. The third-order valence-corrected chi connectivity index (χ3v) is 2.79. The normalized spacial score (nSPS) is 10.1. The molecule has 104 valence electrons. The number of hydrogen-bond acceptors (Lipinski definition) is 4. The third-order valence-electron chi connectivity index (χ3n) is 2.54. The van der Waals surface area contributed by atoms with Gasteiger partial charge in [-0.1, -0.05) is 23.7 Å². The summed E-state index contributed by atoms with van der Waals surface area (Å²) in [6, 6.07) is 13.7. The van der Waals surface area contributed by atoms with E-state index in [2.05, 4.69) is 0 Å². The van der Waals surface area contributed by atoms with Gasteiger partial charge in [0.1, 0.15) is 11.5 Å². The summed E-state index contributed by atoms with van der Waals surface area (Å²) in [5, 5.41) is 11.1. The van der Waals surface area contributed by atoms with Crippen LogP contribution in [0.1, 0.15) is 5.56 Å². The van der Waals surface area contributed by atoms with E-state index >= 15 is 0 Å². The first-order valence-electron chi connectivity index (χ1n) is 5.93. The lowest BCUT2D eigenvalue weighted by Crippen LogP contribution is -2.24. The molecule has 5 heteroatoms. The molecular weight excluding hydrogens is 280 g/mol. The first-order chi connectivity index (χ1) is 9.63. The highest BCUT2D eigenvalue weighted by Crippen LogP contribution is 2.16. The second-order valence-corrected chi connectivity index (χ2v) is 4.49. The minimum absolute atomic E-state index is 0.0570. The molecule has 20 heavy (non-hydrogen) atoms. The quantitative estimate of drug-likeness (QED) is 0.764. The van der Waals surface area contributed by atoms with Crippen molar-refractivity contribution in [3.8, 4) is 11.5 Å². The van der Waals surface area contributed by atoms with Gasteiger partial charge in [-0.3, -0.25) is 0 Å². The molecule has 0 atom stereocenters. The molecule has 0 amide bonds. The van der Waals surface area contributed by atoms with Crippen LogP contribution in [0, 0.1) is 0 Å². The number of aliphatic carboxylic acids is 1.